The van der Waals surface area contributed by atoms with E-state index in [1.807, 2.05) is 6.07 Å². The Labute approximate surface area is 209 Å². The molecule has 3 aromatic carbocycles. The lowest BCUT2D eigenvalue weighted by Gasteiger charge is -2.12. The summed E-state index contributed by atoms with van der Waals surface area (Å²) in [4.78, 5) is 36.5. The van der Waals surface area contributed by atoms with Crippen LogP contribution in [0.25, 0.3) is 0 Å². The maximum absolute atomic E-state index is 12.9. The van der Waals surface area contributed by atoms with E-state index >= 15 is 0 Å². The molecule has 4 rings (SSSR count). The molecule has 10 heteroatoms. The molecule has 0 aliphatic heterocycles. The van der Waals surface area contributed by atoms with Crippen molar-refractivity contribution in [3.63, 3.8) is 0 Å². The molecule has 190 valence electrons. The standard InChI is InChI=1S/C27H22F3N3O4/c28-27(29,30)22-8-4-19(5-9-22)16-33-24(34)12-13-32(26(33)36)15-18-6-10-23(11-7-18)37-17-20-2-1-3-21(14-20)25(31)35/h1-14H,15-17H2,(H2,31,35). The van der Waals surface area contributed by atoms with Crippen molar-refractivity contribution in [2.75, 3.05) is 0 Å². The van der Waals surface area contributed by atoms with Crippen LogP contribution >= 0.6 is 0 Å². The lowest BCUT2D eigenvalue weighted by Crippen LogP contribution is -2.39. The van der Waals surface area contributed by atoms with Gasteiger partial charge in [-0.05, 0) is 53.1 Å². The third kappa shape index (κ3) is 6.35. The van der Waals surface area contributed by atoms with Crippen LogP contribution in [0.3, 0.4) is 0 Å². The number of halogens is 3. The van der Waals surface area contributed by atoms with E-state index in [1.165, 1.54) is 29.0 Å². The van der Waals surface area contributed by atoms with Crippen molar-refractivity contribution in [2.24, 2.45) is 5.73 Å². The summed E-state index contributed by atoms with van der Waals surface area (Å²) in [6, 6.07) is 19.4. The van der Waals surface area contributed by atoms with E-state index in [0.29, 0.717) is 16.9 Å². The smallest absolute Gasteiger partial charge is 0.416 e. The first-order valence-electron chi connectivity index (χ1n) is 11.2. The number of aromatic nitrogens is 2. The van der Waals surface area contributed by atoms with E-state index in [0.717, 1.165) is 27.8 Å². The zero-order valence-electron chi connectivity index (χ0n) is 19.4. The van der Waals surface area contributed by atoms with E-state index in [-0.39, 0.29) is 19.7 Å². The van der Waals surface area contributed by atoms with Gasteiger partial charge in [0.1, 0.15) is 12.4 Å². The fraction of sp³-hybridized carbons (Fsp3) is 0.148. The molecule has 1 heterocycles. The van der Waals surface area contributed by atoms with Gasteiger partial charge in [0, 0.05) is 17.8 Å². The Morgan fingerprint density at radius 2 is 1.49 bits per heavy atom. The van der Waals surface area contributed by atoms with Gasteiger partial charge in [-0.3, -0.25) is 18.7 Å². The Hall–Kier alpha value is -4.60. The predicted molar refractivity (Wildman–Crippen MR) is 130 cm³/mol. The number of rotatable bonds is 8. The summed E-state index contributed by atoms with van der Waals surface area (Å²) >= 11 is 0. The molecule has 0 aliphatic carbocycles. The minimum atomic E-state index is -4.47. The highest BCUT2D eigenvalue weighted by Gasteiger charge is 2.29. The van der Waals surface area contributed by atoms with Crippen molar-refractivity contribution in [3.05, 3.63) is 134 Å². The third-order valence-corrected chi connectivity index (χ3v) is 5.65. The summed E-state index contributed by atoms with van der Waals surface area (Å²) in [5.74, 6) is 0.0555. The number of benzene rings is 3. The predicted octanol–water partition coefficient (Wildman–Crippen LogP) is 3.80. The summed E-state index contributed by atoms with van der Waals surface area (Å²) in [6.07, 6.45) is -3.09. The number of alkyl halides is 3. The second-order valence-corrected chi connectivity index (χ2v) is 8.34. The van der Waals surface area contributed by atoms with Crippen molar-refractivity contribution in [1.82, 2.24) is 9.13 Å². The van der Waals surface area contributed by atoms with E-state index < -0.39 is 28.9 Å². The number of primary amides is 1. The van der Waals surface area contributed by atoms with E-state index in [1.54, 1.807) is 42.5 Å². The van der Waals surface area contributed by atoms with Gasteiger partial charge < -0.3 is 10.5 Å². The Kier molecular flexibility index (Phi) is 7.28. The summed E-state index contributed by atoms with van der Waals surface area (Å²) < 4.78 is 46.4. The van der Waals surface area contributed by atoms with Crippen molar-refractivity contribution < 1.29 is 22.7 Å². The van der Waals surface area contributed by atoms with E-state index in [9.17, 15) is 27.6 Å². The first-order chi connectivity index (χ1) is 17.6. The summed E-state index contributed by atoms with van der Waals surface area (Å²) in [5, 5.41) is 0. The van der Waals surface area contributed by atoms with Crippen molar-refractivity contribution >= 4 is 5.91 Å². The third-order valence-electron chi connectivity index (χ3n) is 5.65. The molecule has 1 aromatic heterocycles. The topological polar surface area (TPSA) is 96.3 Å². The van der Waals surface area contributed by atoms with Gasteiger partial charge in [-0.15, -0.1) is 0 Å². The number of carbonyl (C=O) groups is 1. The van der Waals surface area contributed by atoms with Crippen LogP contribution in [0.15, 0.2) is 94.6 Å². The highest BCUT2D eigenvalue weighted by atomic mass is 19.4. The normalized spacial score (nSPS) is 11.3. The number of hydrogen-bond donors (Lipinski definition) is 1. The van der Waals surface area contributed by atoms with Gasteiger partial charge in [0.25, 0.3) is 5.56 Å². The fourth-order valence-electron chi connectivity index (χ4n) is 3.67. The average Bonchev–Trinajstić information content (AvgIpc) is 2.87. The second kappa shape index (κ2) is 10.6. The van der Waals surface area contributed by atoms with Gasteiger partial charge in [-0.1, -0.05) is 36.4 Å². The number of hydrogen-bond acceptors (Lipinski definition) is 4. The van der Waals surface area contributed by atoms with Crippen LogP contribution in [0, 0.1) is 0 Å². The first kappa shape index (κ1) is 25.5. The Bertz CT molecular complexity index is 1520. The summed E-state index contributed by atoms with van der Waals surface area (Å²) in [5.41, 5.74) is 5.69. The fourth-order valence-corrected chi connectivity index (χ4v) is 3.67. The molecule has 0 spiro atoms. The molecule has 2 N–H and O–H groups in total. The van der Waals surface area contributed by atoms with Crippen LogP contribution in [0.4, 0.5) is 13.2 Å². The molecule has 0 aliphatic rings. The molecular formula is C27H22F3N3O4. The number of nitrogens with two attached hydrogens (primary N) is 1. The van der Waals surface area contributed by atoms with Gasteiger partial charge in [0.15, 0.2) is 0 Å². The molecule has 0 unspecified atom stereocenters. The van der Waals surface area contributed by atoms with Crippen LogP contribution in [-0.2, 0) is 25.9 Å². The molecule has 37 heavy (non-hydrogen) atoms. The molecular weight excluding hydrogens is 487 g/mol. The molecule has 0 bridgehead atoms. The molecule has 0 fully saturated rings. The maximum Gasteiger partial charge on any atom is 0.416 e. The monoisotopic (exact) mass is 509 g/mol. The number of nitrogens with zero attached hydrogens (tertiary/aromatic N) is 2. The number of amides is 1. The first-order valence-corrected chi connectivity index (χ1v) is 11.2. The Balaban J connectivity index is 1.44. The van der Waals surface area contributed by atoms with Gasteiger partial charge in [0.05, 0.1) is 18.7 Å². The highest BCUT2D eigenvalue weighted by molar-refractivity contribution is 5.92. The SMILES string of the molecule is NC(=O)c1cccc(COc2ccc(Cn3ccc(=O)n(Cc4ccc(C(F)(F)F)cc4)c3=O)cc2)c1. The maximum atomic E-state index is 12.9. The number of carbonyl (C=O) groups excluding carboxylic acids is 1. The van der Waals surface area contributed by atoms with Gasteiger partial charge in [0.2, 0.25) is 5.91 Å². The Morgan fingerprint density at radius 1 is 0.838 bits per heavy atom. The van der Waals surface area contributed by atoms with Crippen LogP contribution in [0.1, 0.15) is 32.6 Å². The lowest BCUT2D eigenvalue weighted by molar-refractivity contribution is -0.137. The largest absolute Gasteiger partial charge is 0.489 e. The van der Waals surface area contributed by atoms with Crippen LogP contribution in [-0.4, -0.2) is 15.0 Å². The zero-order chi connectivity index (χ0) is 26.6. The molecule has 0 saturated heterocycles. The summed E-state index contributed by atoms with van der Waals surface area (Å²) in [7, 11) is 0. The van der Waals surface area contributed by atoms with Gasteiger partial charge in [-0.2, -0.15) is 13.2 Å². The number of ether oxygens (including phenoxy) is 1. The molecule has 4 aromatic rings. The average molecular weight is 509 g/mol. The van der Waals surface area contributed by atoms with Gasteiger partial charge in [-0.25, -0.2) is 4.79 Å². The van der Waals surface area contributed by atoms with Gasteiger partial charge >= 0.3 is 11.9 Å². The molecule has 0 saturated carbocycles. The lowest BCUT2D eigenvalue weighted by atomic mass is 10.1. The van der Waals surface area contributed by atoms with Crippen molar-refractivity contribution in [3.8, 4) is 5.75 Å². The second-order valence-electron chi connectivity index (χ2n) is 8.34. The van der Waals surface area contributed by atoms with Crippen molar-refractivity contribution in [2.45, 2.75) is 25.9 Å². The molecule has 7 nitrogen and oxygen atoms in total. The quantitative estimate of drug-likeness (QED) is 0.391. The summed E-state index contributed by atoms with van der Waals surface area (Å²) in [6.45, 7) is 0.252. The zero-order valence-corrected chi connectivity index (χ0v) is 19.4. The molecule has 0 radical (unpaired) electrons. The minimum Gasteiger partial charge on any atom is -0.489 e. The van der Waals surface area contributed by atoms with E-state index in [2.05, 4.69) is 0 Å². The van der Waals surface area contributed by atoms with Crippen LogP contribution < -0.4 is 21.7 Å². The molecule has 1 amide bonds. The minimum absolute atomic E-state index is 0.152. The highest BCUT2D eigenvalue weighted by Crippen LogP contribution is 2.29. The van der Waals surface area contributed by atoms with Crippen molar-refractivity contribution in [1.29, 1.82) is 0 Å². The van der Waals surface area contributed by atoms with Crippen LogP contribution in [0.2, 0.25) is 0 Å². The molecule has 0 atom stereocenters. The Morgan fingerprint density at radius 3 is 2.14 bits per heavy atom. The van der Waals surface area contributed by atoms with Crippen LogP contribution in [0.5, 0.6) is 5.75 Å². The van der Waals surface area contributed by atoms with E-state index in [4.69, 9.17) is 10.5 Å².